The number of aryl methyl sites for hydroxylation is 1. The molecule has 0 aliphatic carbocycles. The Bertz CT molecular complexity index is 462. The van der Waals surface area contributed by atoms with Gasteiger partial charge in [-0.25, -0.2) is 0 Å². The normalized spacial score (nSPS) is 10.1. The second-order valence-corrected chi connectivity index (χ2v) is 5.01. The quantitative estimate of drug-likeness (QED) is 0.831. The number of hydrogen-bond acceptors (Lipinski definition) is 4. The molecule has 0 spiro atoms. The number of carbonyl (C=O) groups excluding carboxylic acids is 2. The summed E-state index contributed by atoms with van der Waals surface area (Å²) >= 11 is 6.78. The number of carbonyl (C=O) groups is 2. The molecule has 0 saturated heterocycles. The molecular formula is C11H12ClNO3S. The fraction of sp³-hybridized carbons (Fsp3) is 0.273. The van der Waals surface area contributed by atoms with Crippen LogP contribution in [0.2, 0.25) is 5.02 Å². The lowest BCUT2D eigenvalue weighted by molar-refractivity contribution is -0.114. The number of phenolic OH excluding ortho intramolecular Hbond substituents is 1. The number of nitrogens with one attached hydrogen (secondary N) is 1. The summed E-state index contributed by atoms with van der Waals surface area (Å²) in [6.45, 7) is 3.14. The SMILES string of the molecule is CC(=O)SCC(=O)Nc1cc(Cl)c(C)cc1O. The van der Waals surface area contributed by atoms with Crippen molar-refractivity contribution in [2.45, 2.75) is 13.8 Å². The van der Waals surface area contributed by atoms with Gasteiger partial charge in [-0.05, 0) is 24.6 Å². The third-order valence-corrected chi connectivity index (χ3v) is 3.18. The highest BCUT2D eigenvalue weighted by atomic mass is 35.5. The Labute approximate surface area is 108 Å². The predicted molar refractivity (Wildman–Crippen MR) is 69.6 cm³/mol. The molecule has 1 aromatic rings. The van der Waals surface area contributed by atoms with Gasteiger partial charge in [0.05, 0.1) is 11.4 Å². The Balaban J connectivity index is 2.71. The molecule has 0 atom stereocenters. The van der Waals surface area contributed by atoms with Crippen molar-refractivity contribution in [2.75, 3.05) is 11.1 Å². The monoisotopic (exact) mass is 273 g/mol. The Hall–Kier alpha value is -1.20. The topological polar surface area (TPSA) is 66.4 Å². The molecule has 0 fully saturated rings. The Morgan fingerprint density at radius 1 is 1.47 bits per heavy atom. The van der Waals surface area contributed by atoms with Crippen molar-refractivity contribution < 1.29 is 14.7 Å². The van der Waals surface area contributed by atoms with Gasteiger partial charge in [0.15, 0.2) is 5.12 Å². The van der Waals surface area contributed by atoms with Crippen LogP contribution in [0.25, 0.3) is 0 Å². The maximum atomic E-state index is 11.4. The fourth-order valence-electron chi connectivity index (χ4n) is 1.12. The highest BCUT2D eigenvalue weighted by Crippen LogP contribution is 2.29. The summed E-state index contributed by atoms with van der Waals surface area (Å²) in [6.07, 6.45) is 0. The first-order valence-corrected chi connectivity index (χ1v) is 6.19. The lowest BCUT2D eigenvalue weighted by Crippen LogP contribution is -2.15. The van der Waals surface area contributed by atoms with Gasteiger partial charge in [0.2, 0.25) is 5.91 Å². The molecule has 4 nitrogen and oxygen atoms in total. The highest BCUT2D eigenvalue weighted by molar-refractivity contribution is 8.14. The molecule has 0 unspecified atom stereocenters. The molecule has 0 radical (unpaired) electrons. The van der Waals surface area contributed by atoms with E-state index in [2.05, 4.69) is 5.32 Å². The molecule has 1 amide bonds. The Morgan fingerprint density at radius 2 is 2.12 bits per heavy atom. The molecule has 17 heavy (non-hydrogen) atoms. The van der Waals surface area contributed by atoms with E-state index in [1.807, 2.05) is 0 Å². The van der Waals surface area contributed by atoms with Gasteiger partial charge < -0.3 is 10.4 Å². The first-order valence-electron chi connectivity index (χ1n) is 4.82. The average molecular weight is 274 g/mol. The fourth-order valence-corrected chi connectivity index (χ4v) is 1.69. The van der Waals surface area contributed by atoms with Crippen molar-refractivity contribution in [3.8, 4) is 5.75 Å². The van der Waals surface area contributed by atoms with E-state index in [0.29, 0.717) is 5.02 Å². The molecule has 0 aliphatic rings. The van der Waals surface area contributed by atoms with Crippen LogP contribution in [0.4, 0.5) is 5.69 Å². The minimum atomic E-state index is -0.361. The number of hydrogen-bond donors (Lipinski definition) is 2. The van der Waals surface area contributed by atoms with Crippen LogP contribution >= 0.6 is 23.4 Å². The number of phenols is 1. The lowest BCUT2D eigenvalue weighted by Gasteiger charge is -2.08. The van der Waals surface area contributed by atoms with Gasteiger partial charge in [-0.1, -0.05) is 23.4 Å². The third-order valence-electron chi connectivity index (χ3n) is 1.96. The lowest BCUT2D eigenvalue weighted by atomic mass is 10.2. The van der Waals surface area contributed by atoms with Crippen LogP contribution in [-0.4, -0.2) is 21.9 Å². The maximum Gasteiger partial charge on any atom is 0.234 e. The zero-order valence-electron chi connectivity index (χ0n) is 9.41. The van der Waals surface area contributed by atoms with E-state index in [4.69, 9.17) is 11.6 Å². The first-order chi connectivity index (χ1) is 7.90. The van der Waals surface area contributed by atoms with E-state index in [-0.39, 0.29) is 28.2 Å². The molecule has 0 saturated carbocycles. The molecular weight excluding hydrogens is 262 g/mol. The van der Waals surface area contributed by atoms with Crippen molar-refractivity contribution in [3.63, 3.8) is 0 Å². The van der Waals surface area contributed by atoms with E-state index in [1.165, 1.54) is 19.1 Å². The summed E-state index contributed by atoms with van der Waals surface area (Å²) in [4.78, 5) is 22.1. The smallest absolute Gasteiger partial charge is 0.234 e. The molecule has 1 aromatic carbocycles. The van der Waals surface area contributed by atoms with Crippen LogP contribution < -0.4 is 5.32 Å². The van der Waals surface area contributed by atoms with Gasteiger partial charge in [-0.3, -0.25) is 9.59 Å². The van der Waals surface area contributed by atoms with E-state index in [0.717, 1.165) is 17.3 Å². The summed E-state index contributed by atoms with van der Waals surface area (Å²) < 4.78 is 0. The molecule has 0 heterocycles. The van der Waals surface area contributed by atoms with Gasteiger partial charge in [0.1, 0.15) is 5.75 Å². The summed E-state index contributed by atoms with van der Waals surface area (Å²) in [5.41, 5.74) is 0.968. The maximum absolute atomic E-state index is 11.4. The molecule has 0 bridgehead atoms. The second kappa shape index (κ2) is 5.93. The molecule has 1 rings (SSSR count). The van der Waals surface area contributed by atoms with Gasteiger partial charge in [-0.2, -0.15) is 0 Å². The van der Waals surface area contributed by atoms with Crippen molar-refractivity contribution >= 4 is 40.1 Å². The summed E-state index contributed by atoms with van der Waals surface area (Å²) in [5, 5.41) is 12.4. The molecule has 0 aromatic heterocycles. The number of aromatic hydroxyl groups is 1. The van der Waals surface area contributed by atoms with Crippen LogP contribution in [0.1, 0.15) is 12.5 Å². The number of thioether (sulfide) groups is 1. The number of amides is 1. The standard InChI is InChI=1S/C11H12ClNO3S/c1-6-3-10(15)9(4-8(6)12)13-11(16)5-17-7(2)14/h3-4,15H,5H2,1-2H3,(H,13,16). The minimum Gasteiger partial charge on any atom is -0.506 e. The van der Waals surface area contributed by atoms with Gasteiger partial charge in [-0.15, -0.1) is 0 Å². The largest absolute Gasteiger partial charge is 0.506 e. The third kappa shape index (κ3) is 4.28. The average Bonchev–Trinajstić information content (AvgIpc) is 2.23. The zero-order valence-corrected chi connectivity index (χ0v) is 11.0. The number of rotatable bonds is 3. The zero-order chi connectivity index (χ0) is 13.0. The number of benzene rings is 1. The minimum absolute atomic E-state index is 0.0142. The summed E-state index contributed by atoms with van der Waals surface area (Å²) in [6, 6.07) is 2.94. The van der Waals surface area contributed by atoms with E-state index >= 15 is 0 Å². The van der Waals surface area contributed by atoms with Gasteiger partial charge in [0.25, 0.3) is 0 Å². The molecule has 0 aliphatic heterocycles. The Kier molecular flexibility index (Phi) is 4.84. The van der Waals surface area contributed by atoms with Crippen molar-refractivity contribution in [1.29, 1.82) is 0 Å². The second-order valence-electron chi connectivity index (χ2n) is 3.45. The summed E-state index contributed by atoms with van der Waals surface area (Å²) in [7, 11) is 0. The van der Waals surface area contributed by atoms with Crippen LogP contribution in [0.15, 0.2) is 12.1 Å². The van der Waals surface area contributed by atoms with Gasteiger partial charge >= 0.3 is 0 Å². The van der Waals surface area contributed by atoms with Crippen LogP contribution in [-0.2, 0) is 9.59 Å². The first kappa shape index (κ1) is 13.9. The number of anilines is 1. The molecule has 6 heteroatoms. The highest BCUT2D eigenvalue weighted by Gasteiger charge is 2.09. The summed E-state index contributed by atoms with van der Waals surface area (Å²) in [5.74, 6) is -0.395. The van der Waals surface area contributed by atoms with Gasteiger partial charge in [0, 0.05) is 11.9 Å². The van der Waals surface area contributed by atoms with Crippen LogP contribution in [0, 0.1) is 6.92 Å². The number of halogens is 1. The predicted octanol–water partition coefficient (Wildman–Crippen LogP) is 2.57. The molecule has 2 N–H and O–H groups in total. The van der Waals surface area contributed by atoms with Crippen molar-refractivity contribution in [1.82, 2.24) is 0 Å². The van der Waals surface area contributed by atoms with E-state index in [9.17, 15) is 14.7 Å². The van der Waals surface area contributed by atoms with E-state index < -0.39 is 0 Å². The molecule has 92 valence electrons. The van der Waals surface area contributed by atoms with Crippen LogP contribution in [0.3, 0.4) is 0 Å². The van der Waals surface area contributed by atoms with E-state index in [1.54, 1.807) is 6.92 Å². The van der Waals surface area contributed by atoms with Crippen LogP contribution in [0.5, 0.6) is 5.75 Å². The van der Waals surface area contributed by atoms with Crippen molar-refractivity contribution in [2.24, 2.45) is 0 Å². The Morgan fingerprint density at radius 3 is 2.71 bits per heavy atom. The van der Waals surface area contributed by atoms with Crippen molar-refractivity contribution in [3.05, 3.63) is 22.7 Å².